The van der Waals surface area contributed by atoms with Gasteiger partial charge < -0.3 is 10.6 Å². The molecule has 0 aliphatic carbocycles. The number of nitrogens with zero attached hydrogens (tertiary/aromatic N) is 3. The van der Waals surface area contributed by atoms with E-state index in [1.165, 1.54) is 17.8 Å². The van der Waals surface area contributed by atoms with Crippen molar-refractivity contribution >= 4 is 29.0 Å². The lowest BCUT2D eigenvalue weighted by atomic mass is 10.2. The molecule has 0 saturated carbocycles. The topological polar surface area (TPSA) is 71.8 Å². The van der Waals surface area contributed by atoms with E-state index in [0.29, 0.717) is 22.4 Å². The molecule has 0 aliphatic heterocycles. The number of anilines is 2. The third-order valence-electron chi connectivity index (χ3n) is 5.02. The molecule has 0 unspecified atom stereocenters. The molecule has 0 aliphatic rings. The average Bonchev–Trinajstić information content (AvgIpc) is 3.26. The van der Waals surface area contributed by atoms with E-state index in [1.54, 1.807) is 10.6 Å². The zero-order valence-corrected chi connectivity index (χ0v) is 19.5. The number of aryl methyl sites for hydroxylation is 1. The molecule has 1 aromatic heterocycles. The van der Waals surface area contributed by atoms with Gasteiger partial charge in [0, 0.05) is 17.1 Å². The molecule has 1 heterocycles. The van der Waals surface area contributed by atoms with Crippen LogP contribution in [0.3, 0.4) is 0 Å². The highest BCUT2D eigenvalue weighted by Gasteiger charge is 2.30. The number of hydrogen-bond donors (Lipinski definition) is 2. The second-order valence-corrected chi connectivity index (χ2v) is 8.65. The molecule has 6 nitrogen and oxygen atoms in total. The summed E-state index contributed by atoms with van der Waals surface area (Å²) in [5.74, 6) is 0.417. The van der Waals surface area contributed by atoms with E-state index in [-0.39, 0.29) is 18.2 Å². The second kappa shape index (κ2) is 10.6. The highest BCUT2D eigenvalue weighted by atomic mass is 32.2. The Labute approximate surface area is 204 Å². The lowest BCUT2D eigenvalue weighted by molar-refractivity contribution is -0.137. The van der Waals surface area contributed by atoms with E-state index in [0.717, 1.165) is 23.4 Å². The van der Waals surface area contributed by atoms with Gasteiger partial charge in [0.15, 0.2) is 11.0 Å². The summed E-state index contributed by atoms with van der Waals surface area (Å²) >= 11 is 1.22. The summed E-state index contributed by atoms with van der Waals surface area (Å²) in [7, 11) is 0. The molecule has 0 fully saturated rings. The fraction of sp³-hybridized carbons (Fsp3) is 0.160. The number of nitrogens with one attached hydrogen (secondary N) is 2. The van der Waals surface area contributed by atoms with Crippen LogP contribution in [-0.2, 0) is 17.5 Å². The van der Waals surface area contributed by atoms with Crippen molar-refractivity contribution in [3.63, 3.8) is 0 Å². The van der Waals surface area contributed by atoms with Crippen LogP contribution in [0.5, 0.6) is 0 Å². The maximum atomic E-state index is 13.0. The van der Waals surface area contributed by atoms with Crippen molar-refractivity contribution in [3.05, 3.63) is 95.8 Å². The molecule has 0 radical (unpaired) electrons. The molecule has 4 rings (SSSR count). The van der Waals surface area contributed by atoms with Crippen LogP contribution in [0.2, 0.25) is 0 Å². The van der Waals surface area contributed by atoms with E-state index in [1.807, 2.05) is 61.5 Å². The SMILES string of the molecule is Cc1ccc(NC(=O)CSc2nnc(CNc3cccc(C(F)(F)F)c3)n2-c2ccccc2)cc1. The summed E-state index contributed by atoms with van der Waals surface area (Å²) < 4.78 is 40.9. The van der Waals surface area contributed by atoms with Crippen molar-refractivity contribution in [2.45, 2.75) is 24.8 Å². The fourth-order valence-corrected chi connectivity index (χ4v) is 4.07. The predicted molar refractivity (Wildman–Crippen MR) is 131 cm³/mol. The molecule has 35 heavy (non-hydrogen) atoms. The standard InChI is InChI=1S/C25H22F3N5OS/c1-17-10-12-19(13-11-17)30-23(34)16-35-24-32-31-22(33(24)21-8-3-2-4-9-21)15-29-20-7-5-6-18(14-20)25(26,27)28/h2-14,29H,15-16H2,1H3,(H,30,34). The molecule has 0 bridgehead atoms. The number of benzene rings is 3. The molecule has 0 spiro atoms. The number of amides is 1. The Morgan fingerprint density at radius 3 is 2.40 bits per heavy atom. The van der Waals surface area contributed by atoms with Crippen molar-refractivity contribution in [2.75, 3.05) is 16.4 Å². The van der Waals surface area contributed by atoms with Crippen molar-refractivity contribution in [2.24, 2.45) is 0 Å². The fourth-order valence-electron chi connectivity index (χ4n) is 3.30. The molecule has 0 atom stereocenters. The first-order valence-electron chi connectivity index (χ1n) is 10.7. The molecule has 2 N–H and O–H groups in total. The van der Waals surface area contributed by atoms with Gasteiger partial charge in [-0.3, -0.25) is 9.36 Å². The molecule has 0 saturated heterocycles. The van der Waals surface area contributed by atoms with E-state index < -0.39 is 11.7 Å². The van der Waals surface area contributed by atoms with Crippen molar-refractivity contribution < 1.29 is 18.0 Å². The zero-order chi connectivity index (χ0) is 24.8. The molecule has 4 aromatic rings. The molecule has 3 aromatic carbocycles. The quantitative estimate of drug-likeness (QED) is 0.295. The number of carbonyl (C=O) groups is 1. The van der Waals surface area contributed by atoms with Gasteiger partial charge in [0.1, 0.15) is 0 Å². The van der Waals surface area contributed by atoms with Gasteiger partial charge in [-0.1, -0.05) is 53.7 Å². The minimum Gasteiger partial charge on any atom is -0.378 e. The van der Waals surface area contributed by atoms with Gasteiger partial charge >= 0.3 is 6.18 Å². The summed E-state index contributed by atoms with van der Waals surface area (Å²) in [5.41, 5.74) is 2.16. The monoisotopic (exact) mass is 497 g/mol. The van der Waals surface area contributed by atoms with E-state index in [2.05, 4.69) is 20.8 Å². The van der Waals surface area contributed by atoms with Gasteiger partial charge in [-0.2, -0.15) is 13.2 Å². The number of thioether (sulfide) groups is 1. The maximum absolute atomic E-state index is 13.0. The number of rotatable bonds is 8. The van der Waals surface area contributed by atoms with Gasteiger partial charge in [0.05, 0.1) is 17.9 Å². The van der Waals surface area contributed by atoms with Crippen LogP contribution >= 0.6 is 11.8 Å². The third-order valence-corrected chi connectivity index (χ3v) is 5.95. The normalized spacial score (nSPS) is 11.3. The summed E-state index contributed by atoms with van der Waals surface area (Å²) in [6.45, 7) is 2.11. The van der Waals surface area contributed by atoms with Gasteiger partial charge in [-0.05, 0) is 49.4 Å². The molecular weight excluding hydrogens is 475 g/mol. The van der Waals surface area contributed by atoms with Gasteiger partial charge in [-0.15, -0.1) is 10.2 Å². The molecular formula is C25H22F3N5OS. The zero-order valence-electron chi connectivity index (χ0n) is 18.7. The molecule has 10 heteroatoms. The summed E-state index contributed by atoms with van der Waals surface area (Å²) in [6, 6.07) is 21.8. The Bertz CT molecular complexity index is 1290. The number of hydrogen-bond acceptors (Lipinski definition) is 5. The minimum atomic E-state index is -4.43. The van der Waals surface area contributed by atoms with Crippen LogP contribution in [0.4, 0.5) is 24.5 Å². The predicted octanol–water partition coefficient (Wildman–Crippen LogP) is 5.94. The Hall–Kier alpha value is -3.79. The Morgan fingerprint density at radius 2 is 1.69 bits per heavy atom. The third kappa shape index (κ3) is 6.42. The van der Waals surface area contributed by atoms with Crippen LogP contribution in [0.1, 0.15) is 17.0 Å². The first kappa shape index (κ1) is 24.3. The van der Waals surface area contributed by atoms with Crippen molar-refractivity contribution in [1.82, 2.24) is 14.8 Å². The molecule has 1 amide bonds. The highest BCUT2D eigenvalue weighted by Crippen LogP contribution is 2.31. The van der Waals surface area contributed by atoms with E-state index in [4.69, 9.17) is 0 Å². The van der Waals surface area contributed by atoms with Crippen LogP contribution in [0.25, 0.3) is 5.69 Å². The summed E-state index contributed by atoms with van der Waals surface area (Å²) in [5, 5.41) is 14.8. The van der Waals surface area contributed by atoms with Gasteiger partial charge in [0.2, 0.25) is 5.91 Å². The number of aromatic nitrogens is 3. The Balaban J connectivity index is 1.49. The number of para-hydroxylation sites is 1. The van der Waals surface area contributed by atoms with E-state index >= 15 is 0 Å². The lowest BCUT2D eigenvalue weighted by Gasteiger charge is -2.13. The lowest BCUT2D eigenvalue weighted by Crippen LogP contribution is -2.15. The molecule has 180 valence electrons. The number of alkyl halides is 3. The Morgan fingerprint density at radius 1 is 0.943 bits per heavy atom. The minimum absolute atomic E-state index is 0.111. The van der Waals surface area contributed by atoms with Gasteiger partial charge in [-0.25, -0.2) is 0 Å². The van der Waals surface area contributed by atoms with Crippen LogP contribution < -0.4 is 10.6 Å². The van der Waals surface area contributed by atoms with Crippen LogP contribution in [0.15, 0.2) is 84.0 Å². The average molecular weight is 498 g/mol. The number of carbonyl (C=O) groups excluding carboxylic acids is 1. The van der Waals surface area contributed by atoms with Crippen LogP contribution in [-0.4, -0.2) is 26.4 Å². The first-order chi connectivity index (χ1) is 16.8. The highest BCUT2D eigenvalue weighted by molar-refractivity contribution is 7.99. The summed E-state index contributed by atoms with van der Waals surface area (Å²) in [6.07, 6.45) is -4.43. The second-order valence-electron chi connectivity index (χ2n) is 7.70. The van der Waals surface area contributed by atoms with E-state index in [9.17, 15) is 18.0 Å². The Kier molecular flexibility index (Phi) is 7.40. The largest absolute Gasteiger partial charge is 0.416 e. The van der Waals surface area contributed by atoms with Crippen molar-refractivity contribution in [3.8, 4) is 5.69 Å². The van der Waals surface area contributed by atoms with Crippen molar-refractivity contribution in [1.29, 1.82) is 0 Å². The van der Waals surface area contributed by atoms with Gasteiger partial charge in [0.25, 0.3) is 0 Å². The van der Waals surface area contributed by atoms with Crippen LogP contribution in [0, 0.1) is 6.92 Å². The maximum Gasteiger partial charge on any atom is 0.416 e. The first-order valence-corrected chi connectivity index (χ1v) is 11.7. The smallest absolute Gasteiger partial charge is 0.378 e. The number of halogens is 3. The summed E-state index contributed by atoms with van der Waals surface area (Å²) in [4.78, 5) is 12.5.